The molecule has 0 aromatic heterocycles. The molecule has 0 atom stereocenters. The molecule has 0 heterocycles. The second kappa shape index (κ2) is 13.8. The Morgan fingerprint density at radius 3 is 1.74 bits per heavy atom. The van der Waals surface area contributed by atoms with Crippen molar-refractivity contribution >= 4 is 0 Å². The molecule has 0 spiro atoms. The first-order chi connectivity index (χ1) is 22.0. The molecule has 238 valence electrons. The van der Waals surface area contributed by atoms with E-state index >= 15 is 22.0 Å². The first-order valence-electron chi connectivity index (χ1n) is 14.6. The number of hydrogen-bond donors (Lipinski definition) is 0. The fourth-order valence-corrected chi connectivity index (χ4v) is 5.19. The number of unbranched alkanes of at least 4 members (excludes halogenated alkanes) is 2. The molecule has 5 aromatic rings. The van der Waals surface area contributed by atoms with E-state index in [1.807, 2.05) is 24.3 Å². The van der Waals surface area contributed by atoms with Gasteiger partial charge in [0.15, 0.2) is 0 Å². The van der Waals surface area contributed by atoms with Gasteiger partial charge in [-0.3, -0.25) is 0 Å². The summed E-state index contributed by atoms with van der Waals surface area (Å²) in [4.78, 5) is 0. The summed E-state index contributed by atoms with van der Waals surface area (Å²) in [7, 11) is 0. The van der Waals surface area contributed by atoms with Gasteiger partial charge < -0.3 is 4.74 Å². The van der Waals surface area contributed by atoms with Gasteiger partial charge in [0, 0.05) is 22.8 Å². The van der Waals surface area contributed by atoms with Crippen LogP contribution in [0.5, 0.6) is 5.75 Å². The summed E-state index contributed by atoms with van der Waals surface area (Å²) < 4.78 is 121. The average molecular weight is 641 g/mol. The molecule has 0 saturated heterocycles. The van der Waals surface area contributed by atoms with E-state index in [4.69, 9.17) is 0 Å². The van der Waals surface area contributed by atoms with E-state index < -0.39 is 53.2 Å². The molecule has 1 nitrogen and oxygen atoms in total. The molecule has 0 aliphatic heterocycles. The van der Waals surface area contributed by atoms with Crippen molar-refractivity contribution in [2.24, 2.45) is 0 Å². The molecule has 0 amide bonds. The Morgan fingerprint density at radius 2 is 1.13 bits per heavy atom. The van der Waals surface area contributed by atoms with Gasteiger partial charge in [0.2, 0.25) is 0 Å². The first-order valence-corrected chi connectivity index (χ1v) is 14.6. The van der Waals surface area contributed by atoms with Crippen LogP contribution in [0, 0.1) is 29.1 Å². The van der Waals surface area contributed by atoms with Crippen molar-refractivity contribution in [3.8, 4) is 39.1 Å². The van der Waals surface area contributed by atoms with Gasteiger partial charge in [-0.1, -0.05) is 68.3 Å². The Kier molecular flexibility index (Phi) is 9.79. The molecular weight excluding hydrogens is 612 g/mol. The fourth-order valence-electron chi connectivity index (χ4n) is 5.19. The van der Waals surface area contributed by atoms with Gasteiger partial charge in [-0.15, -0.1) is 0 Å². The maximum absolute atomic E-state index is 15.2. The number of aryl methyl sites for hydroxylation is 1. The van der Waals surface area contributed by atoms with E-state index in [0.717, 1.165) is 61.1 Å². The lowest BCUT2D eigenvalue weighted by Gasteiger charge is -2.20. The Balaban J connectivity index is 1.35. The van der Waals surface area contributed by atoms with Crippen molar-refractivity contribution in [3.05, 3.63) is 137 Å². The number of rotatable bonds is 11. The van der Waals surface area contributed by atoms with Crippen LogP contribution in [-0.2, 0) is 19.2 Å². The van der Waals surface area contributed by atoms with E-state index in [2.05, 4.69) is 11.7 Å². The minimum absolute atomic E-state index is 0.00849. The van der Waals surface area contributed by atoms with Gasteiger partial charge in [-0.05, 0) is 77.1 Å². The first kappa shape index (κ1) is 32.7. The van der Waals surface area contributed by atoms with E-state index in [1.54, 1.807) is 6.07 Å². The smallest absolute Gasteiger partial charge is 0.429 e. The molecule has 46 heavy (non-hydrogen) atoms. The van der Waals surface area contributed by atoms with Crippen LogP contribution in [0.4, 0.5) is 35.1 Å². The Hall–Kier alpha value is -4.66. The van der Waals surface area contributed by atoms with Crippen LogP contribution in [0.25, 0.3) is 33.4 Å². The molecule has 5 aromatic carbocycles. The molecule has 0 bridgehead atoms. The van der Waals surface area contributed by atoms with Crippen LogP contribution in [0.1, 0.15) is 42.9 Å². The number of halogens is 8. The van der Waals surface area contributed by atoms with Gasteiger partial charge in [0.1, 0.15) is 47.1 Å². The lowest BCUT2D eigenvalue weighted by Crippen LogP contribution is -2.25. The highest BCUT2D eigenvalue weighted by atomic mass is 19.3. The van der Waals surface area contributed by atoms with Gasteiger partial charge in [0.25, 0.3) is 0 Å². The topological polar surface area (TPSA) is 9.23 Å². The van der Waals surface area contributed by atoms with Crippen molar-refractivity contribution in [1.82, 2.24) is 0 Å². The molecule has 0 saturated carbocycles. The quantitative estimate of drug-likeness (QED) is 0.103. The zero-order valence-electron chi connectivity index (χ0n) is 24.6. The zero-order valence-corrected chi connectivity index (χ0v) is 24.6. The summed E-state index contributed by atoms with van der Waals surface area (Å²) in [6, 6.07) is 18.6. The number of ether oxygens (including phenoxy) is 1. The SMILES string of the molecule is CCCCCc1ccc(-c2ccc(-c3cc(F)c(C(F)(F)Oc4ccc(-c5ccc(CF)c(F)c5)c(F)c4)c(F)c3)c(F)c2)cc1. The van der Waals surface area contributed by atoms with E-state index in [0.29, 0.717) is 23.8 Å². The maximum atomic E-state index is 15.2. The van der Waals surface area contributed by atoms with Crippen molar-refractivity contribution in [3.63, 3.8) is 0 Å². The number of alkyl halides is 3. The molecule has 0 aliphatic carbocycles. The van der Waals surface area contributed by atoms with Crippen molar-refractivity contribution in [2.45, 2.75) is 45.4 Å². The van der Waals surface area contributed by atoms with Crippen molar-refractivity contribution < 1.29 is 39.9 Å². The summed E-state index contributed by atoms with van der Waals surface area (Å²) in [5.74, 6) is -7.01. The summed E-state index contributed by atoms with van der Waals surface area (Å²) in [5, 5.41) is 0. The van der Waals surface area contributed by atoms with Crippen LogP contribution < -0.4 is 4.74 Å². The summed E-state index contributed by atoms with van der Waals surface area (Å²) in [5.41, 5.74) is -0.282. The fraction of sp³-hybridized carbons (Fsp3) is 0.189. The Morgan fingerprint density at radius 1 is 0.565 bits per heavy atom. The molecule has 0 aliphatic rings. The minimum atomic E-state index is -4.60. The molecular formula is C37H28F8O. The van der Waals surface area contributed by atoms with Crippen LogP contribution >= 0.6 is 0 Å². The number of hydrogen-bond acceptors (Lipinski definition) is 1. The van der Waals surface area contributed by atoms with Crippen molar-refractivity contribution in [1.29, 1.82) is 0 Å². The second-order valence-corrected chi connectivity index (χ2v) is 10.9. The monoisotopic (exact) mass is 640 g/mol. The molecule has 0 radical (unpaired) electrons. The zero-order chi connectivity index (χ0) is 33.0. The summed E-state index contributed by atoms with van der Waals surface area (Å²) in [6.45, 7) is 1.05. The summed E-state index contributed by atoms with van der Waals surface area (Å²) in [6.07, 6.45) is -0.362. The Bertz CT molecular complexity index is 1830. The third-order valence-electron chi connectivity index (χ3n) is 7.66. The third kappa shape index (κ3) is 7.09. The van der Waals surface area contributed by atoms with E-state index in [9.17, 15) is 13.2 Å². The predicted molar refractivity (Wildman–Crippen MR) is 162 cm³/mol. The standard InChI is InChI=1S/C37H28F8O/c1-2-3-4-5-22-6-8-23(9-7-22)24-12-14-30(32(40)16-24)27-18-34(42)36(35(43)19-27)37(44,45)46-28-13-15-29(33(41)20-28)25-10-11-26(21-38)31(39)17-25/h6-20H,2-5,21H2,1H3. The highest BCUT2D eigenvalue weighted by molar-refractivity contribution is 5.72. The van der Waals surface area contributed by atoms with Crippen molar-refractivity contribution in [2.75, 3.05) is 0 Å². The largest absolute Gasteiger partial charge is 0.432 e. The molecule has 9 heteroatoms. The van der Waals surface area contributed by atoms with Gasteiger partial charge in [0.05, 0.1) is 0 Å². The molecule has 0 N–H and O–H groups in total. The second-order valence-electron chi connectivity index (χ2n) is 10.9. The lowest BCUT2D eigenvalue weighted by atomic mass is 9.97. The number of benzene rings is 5. The van der Waals surface area contributed by atoms with Gasteiger partial charge in [-0.25, -0.2) is 26.3 Å². The molecule has 5 rings (SSSR count). The van der Waals surface area contributed by atoms with Crippen LogP contribution in [0.15, 0.2) is 91.0 Å². The molecule has 0 fully saturated rings. The lowest BCUT2D eigenvalue weighted by molar-refractivity contribution is -0.189. The Labute approximate surface area is 261 Å². The van der Waals surface area contributed by atoms with E-state index in [1.165, 1.54) is 18.2 Å². The predicted octanol–water partition coefficient (Wildman–Crippen LogP) is 11.7. The van der Waals surface area contributed by atoms with Gasteiger partial charge >= 0.3 is 6.11 Å². The van der Waals surface area contributed by atoms with Gasteiger partial charge in [-0.2, -0.15) is 8.78 Å². The van der Waals surface area contributed by atoms with Crippen LogP contribution in [0.3, 0.4) is 0 Å². The molecule has 0 unspecified atom stereocenters. The highest BCUT2D eigenvalue weighted by Crippen LogP contribution is 2.39. The maximum Gasteiger partial charge on any atom is 0.432 e. The minimum Gasteiger partial charge on any atom is -0.429 e. The normalized spacial score (nSPS) is 11.6. The van der Waals surface area contributed by atoms with Crippen LogP contribution in [-0.4, -0.2) is 0 Å². The van der Waals surface area contributed by atoms with E-state index in [-0.39, 0.29) is 27.8 Å². The average Bonchev–Trinajstić information content (AvgIpc) is 3.01. The summed E-state index contributed by atoms with van der Waals surface area (Å²) >= 11 is 0. The third-order valence-corrected chi connectivity index (χ3v) is 7.66. The van der Waals surface area contributed by atoms with Crippen LogP contribution in [0.2, 0.25) is 0 Å². The highest BCUT2D eigenvalue weighted by Gasteiger charge is 2.41.